The van der Waals surface area contributed by atoms with Crippen LogP contribution in [0.5, 0.6) is 5.75 Å². The molecule has 1 heterocycles. The van der Waals surface area contributed by atoms with Crippen LogP contribution in [0.3, 0.4) is 0 Å². The first-order valence-electron chi connectivity index (χ1n) is 12.9. The Bertz CT molecular complexity index is 1370. The Hall–Kier alpha value is -4.49. The Kier molecular flexibility index (Phi) is 10.6. The number of likely N-dealkylation sites (tertiary alicyclic amines) is 1. The summed E-state index contributed by atoms with van der Waals surface area (Å²) in [7, 11) is 0. The van der Waals surface area contributed by atoms with Crippen molar-refractivity contribution in [3.63, 3.8) is 0 Å². The lowest BCUT2D eigenvalue weighted by atomic mass is 9.95. The number of ketones is 1. The molecule has 0 saturated carbocycles. The van der Waals surface area contributed by atoms with Gasteiger partial charge in [0.05, 0.1) is 6.42 Å². The standard InChI is InChI=1S/C28H29F4N3O7/c1-14-3-4-15(2)17(9-14)12-33-27(40)28(41)35-7-5-16(6-8-35)26(39)34-20(11-22(37)38)21(36)13-42-25-23(31)18(29)10-19(30)24(25)32/h3-4,9-10,16,20H,5-8,11-13H2,1-2H3,(H,33,40)(H,34,39)(H,37,38). The van der Waals surface area contributed by atoms with E-state index in [0.717, 1.165) is 16.7 Å². The molecule has 226 valence electrons. The van der Waals surface area contributed by atoms with Crippen molar-refractivity contribution in [3.05, 3.63) is 64.2 Å². The normalized spacial score (nSPS) is 14.2. The SMILES string of the molecule is Cc1ccc(C)c(CNC(=O)C(=O)N2CCC(C(=O)NC(CC(=O)O)C(=O)COc3c(F)c(F)cc(F)c3F)CC2)c1. The predicted octanol–water partition coefficient (Wildman–Crippen LogP) is 2.32. The monoisotopic (exact) mass is 595 g/mol. The van der Waals surface area contributed by atoms with Gasteiger partial charge >= 0.3 is 17.8 Å². The molecule has 14 heteroatoms. The fraction of sp³-hybridized carbons (Fsp3) is 0.393. The highest BCUT2D eigenvalue weighted by Gasteiger charge is 2.33. The zero-order chi connectivity index (χ0) is 31.1. The Balaban J connectivity index is 1.54. The second-order valence-corrected chi connectivity index (χ2v) is 9.89. The molecule has 1 saturated heterocycles. The molecule has 0 spiro atoms. The molecule has 1 unspecified atom stereocenters. The van der Waals surface area contributed by atoms with Crippen molar-refractivity contribution < 1.29 is 51.4 Å². The van der Waals surface area contributed by atoms with Crippen molar-refractivity contribution in [1.82, 2.24) is 15.5 Å². The molecule has 42 heavy (non-hydrogen) atoms. The van der Waals surface area contributed by atoms with Crippen LogP contribution in [0.1, 0.15) is 36.0 Å². The zero-order valence-corrected chi connectivity index (χ0v) is 22.8. The quantitative estimate of drug-likeness (QED) is 0.218. The van der Waals surface area contributed by atoms with E-state index in [2.05, 4.69) is 15.4 Å². The lowest BCUT2D eigenvalue weighted by Gasteiger charge is -2.31. The highest BCUT2D eigenvalue weighted by molar-refractivity contribution is 6.35. The topological polar surface area (TPSA) is 142 Å². The van der Waals surface area contributed by atoms with Gasteiger partial charge in [-0.15, -0.1) is 0 Å². The molecule has 10 nitrogen and oxygen atoms in total. The number of ether oxygens (including phenoxy) is 1. The van der Waals surface area contributed by atoms with Gasteiger partial charge in [-0.1, -0.05) is 23.8 Å². The van der Waals surface area contributed by atoms with Crippen LogP contribution < -0.4 is 15.4 Å². The van der Waals surface area contributed by atoms with Gasteiger partial charge in [0.1, 0.15) is 12.6 Å². The van der Waals surface area contributed by atoms with Crippen molar-refractivity contribution in [3.8, 4) is 5.75 Å². The number of Topliss-reactive ketones (excluding diaryl/α,β-unsaturated/α-hetero) is 1. The predicted molar refractivity (Wildman–Crippen MR) is 138 cm³/mol. The van der Waals surface area contributed by atoms with Crippen LogP contribution in [0.4, 0.5) is 17.6 Å². The van der Waals surface area contributed by atoms with E-state index >= 15 is 0 Å². The molecular formula is C28H29F4N3O7. The summed E-state index contributed by atoms with van der Waals surface area (Å²) in [6, 6.07) is 3.99. The summed E-state index contributed by atoms with van der Waals surface area (Å²) in [5, 5.41) is 14.0. The van der Waals surface area contributed by atoms with Gasteiger partial charge in [-0.3, -0.25) is 24.0 Å². The number of nitrogens with zero attached hydrogens (tertiary/aromatic N) is 1. The number of hydrogen-bond donors (Lipinski definition) is 3. The van der Waals surface area contributed by atoms with Gasteiger partial charge < -0.3 is 25.4 Å². The number of halogens is 4. The third kappa shape index (κ3) is 8.04. The van der Waals surface area contributed by atoms with E-state index in [-0.39, 0.29) is 38.5 Å². The van der Waals surface area contributed by atoms with E-state index in [0.29, 0.717) is 0 Å². The van der Waals surface area contributed by atoms with E-state index in [1.807, 2.05) is 32.0 Å². The molecule has 1 atom stereocenters. The van der Waals surface area contributed by atoms with Crippen molar-refractivity contribution in [2.75, 3.05) is 19.7 Å². The summed E-state index contributed by atoms with van der Waals surface area (Å²) in [5.74, 6) is -14.5. The molecule has 0 bridgehead atoms. The van der Waals surface area contributed by atoms with Gasteiger partial charge in [0.2, 0.25) is 17.5 Å². The van der Waals surface area contributed by atoms with Gasteiger partial charge in [0, 0.05) is 31.6 Å². The van der Waals surface area contributed by atoms with Crippen LogP contribution in [0.15, 0.2) is 24.3 Å². The number of aliphatic carboxylic acids is 1. The van der Waals surface area contributed by atoms with Gasteiger partial charge in [-0.2, -0.15) is 8.78 Å². The smallest absolute Gasteiger partial charge is 0.311 e. The van der Waals surface area contributed by atoms with Crippen LogP contribution in [0, 0.1) is 43.0 Å². The van der Waals surface area contributed by atoms with Crippen molar-refractivity contribution in [2.24, 2.45) is 5.92 Å². The molecule has 2 aromatic rings. The average molecular weight is 596 g/mol. The molecule has 2 aromatic carbocycles. The van der Waals surface area contributed by atoms with Crippen molar-refractivity contribution >= 4 is 29.5 Å². The maximum atomic E-state index is 13.8. The number of carboxylic acid groups (broad SMARTS) is 1. The number of carboxylic acids is 1. The van der Waals surface area contributed by atoms with Crippen molar-refractivity contribution in [1.29, 1.82) is 0 Å². The number of nitrogens with one attached hydrogen (secondary N) is 2. The van der Waals surface area contributed by atoms with Gasteiger partial charge in [0.25, 0.3) is 0 Å². The van der Waals surface area contributed by atoms with E-state index < -0.39 is 83.5 Å². The molecule has 1 fully saturated rings. The zero-order valence-electron chi connectivity index (χ0n) is 22.8. The van der Waals surface area contributed by atoms with Crippen LogP contribution in [-0.2, 0) is 30.5 Å². The Morgan fingerprint density at radius 2 is 1.62 bits per heavy atom. The molecular weight excluding hydrogens is 566 g/mol. The number of aryl methyl sites for hydroxylation is 2. The first-order chi connectivity index (χ1) is 19.8. The first kappa shape index (κ1) is 32.0. The summed E-state index contributed by atoms with van der Waals surface area (Å²) in [5.41, 5.74) is 2.82. The van der Waals surface area contributed by atoms with Gasteiger partial charge in [0.15, 0.2) is 23.2 Å². The van der Waals surface area contributed by atoms with Crippen LogP contribution in [0.25, 0.3) is 0 Å². The first-order valence-corrected chi connectivity index (χ1v) is 12.9. The number of carbonyl (C=O) groups is 5. The fourth-order valence-electron chi connectivity index (χ4n) is 4.36. The minimum atomic E-state index is -1.89. The van der Waals surface area contributed by atoms with Crippen molar-refractivity contribution in [2.45, 2.75) is 45.7 Å². The lowest BCUT2D eigenvalue weighted by molar-refractivity contribution is -0.147. The molecule has 3 rings (SSSR count). The second kappa shape index (κ2) is 13.9. The third-order valence-electron chi connectivity index (χ3n) is 6.81. The maximum Gasteiger partial charge on any atom is 0.311 e. The average Bonchev–Trinajstić information content (AvgIpc) is 2.95. The molecule has 0 aromatic heterocycles. The highest BCUT2D eigenvalue weighted by Crippen LogP contribution is 2.26. The number of rotatable bonds is 10. The molecule has 0 radical (unpaired) electrons. The summed E-state index contributed by atoms with van der Waals surface area (Å²) < 4.78 is 59.0. The number of hydrogen-bond acceptors (Lipinski definition) is 6. The molecule has 3 amide bonds. The number of amides is 3. The van der Waals surface area contributed by atoms with Crippen LogP contribution in [0.2, 0.25) is 0 Å². The minimum Gasteiger partial charge on any atom is -0.481 e. The van der Waals surface area contributed by atoms with Gasteiger partial charge in [-0.25, -0.2) is 8.78 Å². The van der Waals surface area contributed by atoms with Crippen LogP contribution >= 0.6 is 0 Å². The molecule has 1 aliphatic heterocycles. The van der Waals surface area contributed by atoms with E-state index in [4.69, 9.17) is 5.11 Å². The Labute approximate surface area is 238 Å². The molecule has 0 aliphatic carbocycles. The molecule has 1 aliphatic rings. The maximum absolute atomic E-state index is 13.8. The van der Waals surface area contributed by atoms with E-state index in [1.165, 1.54) is 4.90 Å². The van der Waals surface area contributed by atoms with Crippen LogP contribution in [-0.4, -0.2) is 65.2 Å². The third-order valence-corrected chi connectivity index (χ3v) is 6.81. The second-order valence-electron chi connectivity index (χ2n) is 9.89. The summed E-state index contributed by atoms with van der Waals surface area (Å²) in [6.07, 6.45) is -0.703. The van der Waals surface area contributed by atoms with E-state index in [9.17, 15) is 41.5 Å². The minimum absolute atomic E-state index is 0.0398. The summed E-state index contributed by atoms with van der Waals surface area (Å²) in [4.78, 5) is 62.9. The fourth-order valence-corrected chi connectivity index (χ4v) is 4.36. The Morgan fingerprint density at radius 1 is 1.00 bits per heavy atom. The van der Waals surface area contributed by atoms with E-state index in [1.54, 1.807) is 0 Å². The Morgan fingerprint density at radius 3 is 2.21 bits per heavy atom. The lowest BCUT2D eigenvalue weighted by Crippen LogP contribution is -2.50. The summed E-state index contributed by atoms with van der Waals surface area (Å²) in [6.45, 7) is 2.83. The number of carbonyl (C=O) groups excluding carboxylic acids is 4. The number of piperidine rings is 1. The highest BCUT2D eigenvalue weighted by atomic mass is 19.2. The van der Waals surface area contributed by atoms with Gasteiger partial charge in [-0.05, 0) is 37.8 Å². The molecule has 3 N–H and O–H groups in total. The summed E-state index contributed by atoms with van der Waals surface area (Å²) >= 11 is 0. The number of benzene rings is 2. The largest absolute Gasteiger partial charge is 0.481 e.